The first kappa shape index (κ1) is 21.9. The lowest BCUT2D eigenvalue weighted by Gasteiger charge is -2.23. The molecule has 9 heteroatoms. The van der Waals surface area contributed by atoms with Crippen LogP contribution < -0.4 is 9.62 Å². The summed E-state index contributed by atoms with van der Waals surface area (Å²) < 4.78 is 29.6. The van der Waals surface area contributed by atoms with Gasteiger partial charge in [-0.05, 0) is 55.5 Å². The molecule has 164 valence electrons. The van der Waals surface area contributed by atoms with E-state index in [1.165, 1.54) is 16.4 Å². The molecule has 4 aromatic rings. The van der Waals surface area contributed by atoms with Gasteiger partial charge in [0.1, 0.15) is 0 Å². The molecule has 1 aromatic heterocycles. The van der Waals surface area contributed by atoms with E-state index in [1.54, 1.807) is 67.1 Å². The van der Waals surface area contributed by atoms with Gasteiger partial charge >= 0.3 is 0 Å². The number of hydrogen-bond acceptors (Lipinski definition) is 4. The number of sulfonamides is 1. The van der Waals surface area contributed by atoms with Gasteiger partial charge in [0.15, 0.2) is 0 Å². The molecule has 1 N–H and O–H groups in total. The number of halogens is 1. The second-order valence-electron chi connectivity index (χ2n) is 7.11. The number of rotatable bonds is 6. The molecule has 0 saturated heterocycles. The zero-order chi connectivity index (χ0) is 22.9. The maximum Gasteiger partial charge on any atom is 0.264 e. The van der Waals surface area contributed by atoms with E-state index in [4.69, 9.17) is 11.6 Å². The molecule has 0 saturated carbocycles. The summed E-state index contributed by atoms with van der Waals surface area (Å²) in [6, 6.07) is 20.1. The molecule has 0 aliphatic carbocycles. The van der Waals surface area contributed by atoms with Gasteiger partial charge in [-0.1, -0.05) is 35.9 Å². The predicted octanol–water partition coefficient (Wildman–Crippen LogP) is 4.69. The molecule has 1 heterocycles. The van der Waals surface area contributed by atoms with Crippen molar-refractivity contribution in [2.24, 2.45) is 7.05 Å². The zero-order valence-electron chi connectivity index (χ0n) is 17.5. The van der Waals surface area contributed by atoms with Crippen LogP contribution in [0.25, 0.3) is 11.0 Å². The zero-order valence-corrected chi connectivity index (χ0v) is 19.1. The van der Waals surface area contributed by atoms with E-state index < -0.39 is 15.9 Å². The minimum absolute atomic E-state index is 0.0348. The van der Waals surface area contributed by atoms with Crippen LogP contribution >= 0.6 is 11.6 Å². The van der Waals surface area contributed by atoms with Gasteiger partial charge in [0, 0.05) is 24.2 Å². The quantitative estimate of drug-likeness (QED) is 0.444. The fraction of sp³-hybridized carbons (Fsp3) is 0.130. The summed E-state index contributed by atoms with van der Waals surface area (Å²) in [6.45, 7) is 2.02. The molecule has 0 atom stereocenters. The van der Waals surface area contributed by atoms with Crippen LogP contribution in [-0.2, 0) is 17.1 Å². The van der Waals surface area contributed by atoms with E-state index in [0.717, 1.165) is 5.52 Å². The summed E-state index contributed by atoms with van der Waals surface area (Å²) in [7, 11) is -2.07. The van der Waals surface area contributed by atoms with Crippen LogP contribution in [-0.4, -0.2) is 30.4 Å². The molecule has 7 nitrogen and oxygen atoms in total. The molecule has 32 heavy (non-hydrogen) atoms. The van der Waals surface area contributed by atoms with Gasteiger partial charge in [0.05, 0.1) is 21.6 Å². The molecule has 3 aromatic carbocycles. The van der Waals surface area contributed by atoms with Gasteiger partial charge in [-0.15, -0.1) is 0 Å². The first-order valence-corrected chi connectivity index (χ1v) is 11.7. The van der Waals surface area contributed by atoms with Crippen molar-refractivity contribution >= 4 is 50.2 Å². The number of aryl methyl sites for hydroxylation is 1. The molecule has 0 spiro atoms. The SMILES string of the molecule is CCN(c1ccccc1)S(=O)(=O)c1cccc(C(=O)Nc2nc3cc(Cl)ccc3n2C)c1. The number of benzene rings is 3. The lowest BCUT2D eigenvalue weighted by atomic mass is 10.2. The first-order valence-electron chi connectivity index (χ1n) is 9.92. The Bertz CT molecular complexity index is 1400. The average Bonchev–Trinajstić information content (AvgIpc) is 3.09. The highest BCUT2D eigenvalue weighted by molar-refractivity contribution is 7.92. The van der Waals surface area contributed by atoms with Crippen LogP contribution in [0.1, 0.15) is 17.3 Å². The number of nitrogens with one attached hydrogen (secondary N) is 1. The lowest BCUT2D eigenvalue weighted by Crippen LogP contribution is -2.31. The van der Waals surface area contributed by atoms with Crippen LogP contribution in [0.5, 0.6) is 0 Å². The lowest BCUT2D eigenvalue weighted by molar-refractivity contribution is 0.102. The number of nitrogens with zero attached hydrogens (tertiary/aromatic N) is 3. The Morgan fingerprint density at radius 1 is 1.06 bits per heavy atom. The van der Waals surface area contributed by atoms with Crippen LogP contribution in [0.4, 0.5) is 11.6 Å². The summed E-state index contributed by atoms with van der Waals surface area (Å²) in [5, 5.41) is 3.30. The predicted molar refractivity (Wildman–Crippen MR) is 127 cm³/mol. The van der Waals surface area contributed by atoms with E-state index in [2.05, 4.69) is 10.3 Å². The number of hydrogen-bond donors (Lipinski definition) is 1. The van der Waals surface area contributed by atoms with Gasteiger partial charge in [-0.25, -0.2) is 13.4 Å². The first-order chi connectivity index (χ1) is 15.3. The summed E-state index contributed by atoms with van der Waals surface area (Å²) in [6.07, 6.45) is 0. The molecule has 0 fully saturated rings. The Balaban J connectivity index is 1.64. The standard InChI is InChI=1S/C23H21ClN4O3S/c1-3-28(18-9-5-4-6-10-18)32(30,31)19-11-7-8-16(14-19)22(29)26-23-25-20-15-17(24)12-13-21(20)27(23)2/h4-15H,3H2,1-2H3,(H,25,26,29). The van der Waals surface area contributed by atoms with E-state index in [1.807, 2.05) is 12.1 Å². The number of aromatic nitrogens is 2. The van der Waals surface area contributed by atoms with Crippen molar-refractivity contribution in [3.8, 4) is 0 Å². The van der Waals surface area contributed by atoms with Gasteiger partial charge in [0.2, 0.25) is 5.95 Å². The van der Waals surface area contributed by atoms with E-state index >= 15 is 0 Å². The Labute approximate surface area is 191 Å². The summed E-state index contributed by atoms with van der Waals surface area (Å²) in [5.41, 5.74) is 2.22. The Morgan fingerprint density at radius 2 is 1.81 bits per heavy atom. The highest BCUT2D eigenvalue weighted by atomic mass is 35.5. The van der Waals surface area contributed by atoms with Crippen LogP contribution in [0.15, 0.2) is 77.7 Å². The number of fused-ring (bicyclic) bond motifs is 1. The van der Waals surface area contributed by atoms with Crippen molar-refractivity contribution in [1.29, 1.82) is 0 Å². The molecule has 0 bridgehead atoms. The minimum atomic E-state index is -3.85. The highest BCUT2D eigenvalue weighted by Crippen LogP contribution is 2.25. The molecule has 1 amide bonds. The van der Waals surface area contributed by atoms with Crippen LogP contribution in [0.2, 0.25) is 5.02 Å². The minimum Gasteiger partial charge on any atom is -0.313 e. The second kappa shape index (κ2) is 8.64. The van der Waals surface area contributed by atoms with Gasteiger partial charge < -0.3 is 4.57 Å². The van der Waals surface area contributed by atoms with E-state index in [-0.39, 0.29) is 17.0 Å². The third-order valence-corrected chi connectivity index (χ3v) is 7.22. The number of carbonyl (C=O) groups excluding carboxylic acids is 1. The summed E-state index contributed by atoms with van der Waals surface area (Å²) in [5.74, 6) is -0.130. The largest absolute Gasteiger partial charge is 0.313 e. The maximum absolute atomic E-state index is 13.3. The van der Waals surface area contributed by atoms with E-state index in [0.29, 0.717) is 22.2 Å². The summed E-state index contributed by atoms with van der Waals surface area (Å²) >= 11 is 6.03. The fourth-order valence-electron chi connectivity index (χ4n) is 3.47. The Kier molecular flexibility index (Phi) is 5.90. The number of carbonyl (C=O) groups is 1. The van der Waals surface area contributed by atoms with Crippen molar-refractivity contribution in [2.75, 3.05) is 16.2 Å². The Hall–Kier alpha value is -3.36. The molecular weight excluding hydrogens is 448 g/mol. The smallest absolute Gasteiger partial charge is 0.264 e. The second-order valence-corrected chi connectivity index (χ2v) is 9.41. The normalized spacial score (nSPS) is 11.5. The molecule has 0 aliphatic heterocycles. The molecule has 4 rings (SSSR count). The highest BCUT2D eigenvalue weighted by Gasteiger charge is 2.24. The number of para-hydroxylation sites is 1. The molecule has 0 unspecified atom stereocenters. The summed E-state index contributed by atoms with van der Waals surface area (Å²) in [4.78, 5) is 17.3. The van der Waals surface area contributed by atoms with Crippen molar-refractivity contribution in [2.45, 2.75) is 11.8 Å². The van der Waals surface area contributed by atoms with E-state index in [9.17, 15) is 13.2 Å². The number of anilines is 2. The van der Waals surface area contributed by atoms with Crippen LogP contribution in [0, 0.1) is 0 Å². The van der Waals surface area contributed by atoms with Crippen molar-refractivity contribution in [3.05, 3.63) is 83.4 Å². The third kappa shape index (κ3) is 4.06. The maximum atomic E-state index is 13.3. The topological polar surface area (TPSA) is 84.3 Å². The monoisotopic (exact) mass is 468 g/mol. The molecule has 0 aliphatic rings. The van der Waals surface area contributed by atoms with Gasteiger partial charge in [-0.3, -0.25) is 14.4 Å². The Morgan fingerprint density at radius 3 is 2.53 bits per heavy atom. The fourth-order valence-corrected chi connectivity index (χ4v) is 5.16. The number of amides is 1. The van der Waals surface area contributed by atoms with Gasteiger partial charge in [0.25, 0.3) is 15.9 Å². The third-order valence-electron chi connectivity index (χ3n) is 5.08. The van der Waals surface area contributed by atoms with Crippen molar-refractivity contribution in [1.82, 2.24) is 9.55 Å². The number of imidazole rings is 1. The molecule has 0 radical (unpaired) electrons. The average molecular weight is 469 g/mol. The van der Waals surface area contributed by atoms with Crippen molar-refractivity contribution in [3.63, 3.8) is 0 Å². The molecular formula is C23H21ClN4O3S. The van der Waals surface area contributed by atoms with Gasteiger partial charge in [-0.2, -0.15) is 0 Å². The van der Waals surface area contributed by atoms with Crippen LogP contribution in [0.3, 0.4) is 0 Å². The van der Waals surface area contributed by atoms with Crippen molar-refractivity contribution < 1.29 is 13.2 Å².